The molecule has 8 heteroatoms. The van der Waals surface area contributed by atoms with Gasteiger partial charge in [-0.25, -0.2) is 0 Å². The van der Waals surface area contributed by atoms with E-state index >= 15 is 0 Å². The SMILES string of the molecule is O=C(COc1cccc(Cl)c1)Nc1ccc(F)c([N+](=O)[O-])c1. The van der Waals surface area contributed by atoms with E-state index in [1.807, 2.05) is 0 Å². The summed E-state index contributed by atoms with van der Waals surface area (Å²) in [6.07, 6.45) is 0. The lowest BCUT2D eigenvalue weighted by atomic mass is 10.2. The summed E-state index contributed by atoms with van der Waals surface area (Å²) in [6.45, 7) is -0.314. The molecule has 22 heavy (non-hydrogen) atoms. The van der Waals surface area contributed by atoms with Gasteiger partial charge in [0.25, 0.3) is 5.91 Å². The molecule has 0 atom stereocenters. The molecule has 1 N–H and O–H groups in total. The van der Waals surface area contributed by atoms with E-state index in [0.717, 1.165) is 12.1 Å². The van der Waals surface area contributed by atoms with Crippen LogP contribution in [0, 0.1) is 15.9 Å². The minimum Gasteiger partial charge on any atom is -0.484 e. The molecule has 2 aromatic carbocycles. The number of benzene rings is 2. The Labute approximate surface area is 129 Å². The molecule has 6 nitrogen and oxygen atoms in total. The van der Waals surface area contributed by atoms with E-state index in [-0.39, 0.29) is 12.3 Å². The van der Waals surface area contributed by atoms with Gasteiger partial charge in [0.15, 0.2) is 6.61 Å². The van der Waals surface area contributed by atoms with E-state index in [4.69, 9.17) is 16.3 Å². The number of rotatable bonds is 5. The highest BCUT2D eigenvalue weighted by molar-refractivity contribution is 6.30. The second kappa shape index (κ2) is 6.86. The molecule has 0 radical (unpaired) electrons. The van der Waals surface area contributed by atoms with Gasteiger partial charge >= 0.3 is 5.69 Å². The highest BCUT2D eigenvalue weighted by atomic mass is 35.5. The lowest BCUT2D eigenvalue weighted by Crippen LogP contribution is -2.20. The van der Waals surface area contributed by atoms with Crippen LogP contribution in [-0.4, -0.2) is 17.4 Å². The van der Waals surface area contributed by atoms with Crippen molar-refractivity contribution in [1.29, 1.82) is 0 Å². The molecule has 0 aliphatic heterocycles. The van der Waals surface area contributed by atoms with Crippen LogP contribution in [0.2, 0.25) is 5.02 Å². The van der Waals surface area contributed by atoms with Crippen molar-refractivity contribution in [3.8, 4) is 5.75 Å². The number of halogens is 2. The average molecular weight is 325 g/mol. The Bertz CT molecular complexity index is 724. The van der Waals surface area contributed by atoms with Gasteiger partial charge in [0, 0.05) is 16.8 Å². The van der Waals surface area contributed by atoms with Crippen molar-refractivity contribution in [2.24, 2.45) is 0 Å². The predicted molar refractivity (Wildman–Crippen MR) is 78.6 cm³/mol. The molecule has 2 aromatic rings. The van der Waals surface area contributed by atoms with E-state index in [9.17, 15) is 19.3 Å². The Morgan fingerprint density at radius 1 is 1.32 bits per heavy atom. The van der Waals surface area contributed by atoms with Crippen molar-refractivity contribution in [2.45, 2.75) is 0 Å². The van der Waals surface area contributed by atoms with Gasteiger partial charge in [0.2, 0.25) is 5.82 Å². The third-order valence-corrected chi connectivity index (χ3v) is 2.83. The van der Waals surface area contributed by atoms with E-state index in [1.54, 1.807) is 18.2 Å². The zero-order chi connectivity index (χ0) is 16.1. The van der Waals surface area contributed by atoms with Crippen LogP contribution >= 0.6 is 11.6 Å². The van der Waals surface area contributed by atoms with Crippen molar-refractivity contribution in [3.05, 3.63) is 63.4 Å². The maximum Gasteiger partial charge on any atom is 0.306 e. The Hall–Kier alpha value is -2.67. The van der Waals surface area contributed by atoms with Gasteiger partial charge in [-0.3, -0.25) is 14.9 Å². The maximum atomic E-state index is 13.2. The second-order valence-electron chi connectivity index (χ2n) is 4.22. The van der Waals surface area contributed by atoms with Crippen LogP contribution in [0.25, 0.3) is 0 Å². The lowest BCUT2D eigenvalue weighted by molar-refractivity contribution is -0.387. The van der Waals surface area contributed by atoms with Crippen molar-refractivity contribution < 1.29 is 18.8 Å². The number of anilines is 1. The number of nitrogens with zero attached hydrogens (tertiary/aromatic N) is 1. The molecule has 0 aliphatic carbocycles. The Morgan fingerprint density at radius 3 is 2.77 bits per heavy atom. The van der Waals surface area contributed by atoms with Crippen LogP contribution in [0.4, 0.5) is 15.8 Å². The smallest absolute Gasteiger partial charge is 0.306 e. The number of nitro groups is 1. The van der Waals surface area contributed by atoms with Gasteiger partial charge in [0.1, 0.15) is 5.75 Å². The second-order valence-corrected chi connectivity index (χ2v) is 4.65. The molecule has 0 aliphatic rings. The van der Waals surface area contributed by atoms with E-state index < -0.39 is 22.3 Å². The molecule has 114 valence electrons. The third-order valence-electron chi connectivity index (χ3n) is 2.59. The largest absolute Gasteiger partial charge is 0.484 e. The first-order valence-corrected chi connectivity index (χ1v) is 6.45. The van der Waals surface area contributed by atoms with Crippen molar-refractivity contribution in [3.63, 3.8) is 0 Å². The van der Waals surface area contributed by atoms with E-state index in [1.165, 1.54) is 12.1 Å². The zero-order valence-corrected chi connectivity index (χ0v) is 11.8. The number of nitro benzene ring substituents is 1. The molecule has 1 amide bonds. The van der Waals surface area contributed by atoms with E-state index in [0.29, 0.717) is 10.8 Å². The summed E-state index contributed by atoms with van der Waals surface area (Å²) < 4.78 is 18.4. The number of carbonyl (C=O) groups is 1. The fourth-order valence-corrected chi connectivity index (χ4v) is 1.81. The minimum absolute atomic E-state index is 0.104. The maximum absolute atomic E-state index is 13.2. The number of hydrogen-bond acceptors (Lipinski definition) is 4. The van der Waals surface area contributed by atoms with Crippen LogP contribution in [0.3, 0.4) is 0 Å². The fraction of sp³-hybridized carbons (Fsp3) is 0.0714. The number of amides is 1. The standard InChI is InChI=1S/C14H10ClFN2O4/c15-9-2-1-3-11(6-9)22-8-14(19)17-10-4-5-12(16)13(7-10)18(20)21/h1-7H,8H2,(H,17,19). The van der Waals surface area contributed by atoms with Gasteiger partial charge in [-0.2, -0.15) is 4.39 Å². The summed E-state index contributed by atoms with van der Waals surface area (Å²) in [4.78, 5) is 21.5. The number of hydrogen-bond donors (Lipinski definition) is 1. The molecule has 0 saturated heterocycles. The number of carbonyl (C=O) groups excluding carboxylic acids is 1. The van der Waals surface area contributed by atoms with Crippen LogP contribution in [0.15, 0.2) is 42.5 Å². The Morgan fingerprint density at radius 2 is 2.09 bits per heavy atom. The van der Waals surface area contributed by atoms with Gasteiger partial charge in [-0.1, -0.05) is 17.7 Å². The first-order valence-electron chi connectivity index (χ1n) is 6.08. The topological polar surface area (TPSA) is 81.5 Å². The molecule has 0 unspecified atom stereocenters. The molecule has 0 saturated carbocycles. The summed E-state index contributed by atoms with van der Waals surface area (Å²) in [7, 11) is 0. The quantitative estimate of drug-likeness (QED) is 0.675. The first-order chi connectivity index (χ1) is 10.5. The molecule has 0 spiro atoms. The molecule has 0 fully saturated rings. The fourth-order valence-electron chi connectivity index (χ4n) is 1.63. The van der Waals surface area contributed by atoms with Crippen LogP contribution in [0.1, 0.15) is 0 Å². The van der Waals surface area contributed by atoms with Crippen LogP contribution in [0.5, 0.6) is 5.75 Å². The summed E-state index contributed by atoms with van der Waals surface area (Å²) >= 11 is 5.77. The van der Waals surface area contributed by atoms with Crippen LogP contribution < -0.4 is 10.1 Å². The Kier molecular flexibility index (Phi) is 4.90. The first kappa shape index (κ1) is 15.7. The Balaban J connectivity index is 1.97. The summed E-state index contributed by atoms with van der Waals surface area (Å²) in [5, 5.41) is 13.5. The summed E-state index contributed by atoms with van der Waals surface area (Å²) in [5.74, 6) is -1.10. The third kappa shape index (κ3) is 4.16. The van der Waals surface area contributed by atoms with Crippen LogP contribution in [-0.2, 0) is 4.79 Å². The molecule has 0 heterocycles. The average Bonchev–Trinajstić information content (AvgIpc) is 2.47. The van der Waals surface area contributed by atoms with Crippen molar-refractivity contribution in [2.75, 3.05) is 11.9 Å². The van der Waals surface area contributed by atoms with Gasteiger partial charge in [0.05, 0.1) is 4.92 Å². The normalized spacial score (nSPS) is 10.1. The molecule has 2 rings (SSSR count). The highest BCUT2D eigenvalue weighted by Crippen LogP contribution is 2.21. The number of ether oxygens (including phenoxy) is 1. The summed E-state index contributed by atoms with van der Waals surface area (Å²) in [5.41, 5.74) is -0.610. The zero-order valence-electron chi connectivity index (χ0n) is 11.1. The summed E-state index contributed by atoms with van der Waals surface area (Å²) in [6, 6.07) is 9.56. The van der Waals surface area contributed by atoms with Gasteiger partial charge in [-0.05, 0) is 30.3 Å². The monoisotopic (exact) mass is 324 g/mol. The number of nitrogens with one attached hydrogen (secondary N) is 1. The van der Waals surface area contributed by atoms with Crippen molar-refractivity contribution >= 4 is 28.9 Å². The molecule has 0 aromatic heterocycles. The molecule has 0 bridgehead atoms. The van der Waals surface area contributed by atoms with Crippen molar-refractivity contribution in [1.82, 2.24) is 0 Å². The van der Waals surface area contributed by atoms with Gasteiger partial charge < -0.3 is 10.1 Å². The van der Waals surface area contributed by atoms with Gasteiger partial charge in [-0.15, -0.1) is 0 Å². The molecular formula is C14H10ClFN2O4. The highest BCUT2D eigenvalue weighted by Gasteiger charge is 2.15. The van der Waals surface area contributed by atoms with E-state index in [2.05, 4.69) is 5.32 Å². The lowest BCUT2D eigenvalue weighted by Gasteiger charge is -2.08. The molecular weight excluding hydrogens is 315 g/mol. The minimum atomic E-state index is -0.974. The predicted octanol–water partition coefficient (Wildman–Crippen LogP) is 3.40.